The molecule has 0 N–H and O–H groups in total. The third kappa shape index (κ3) is 5.13. The molecule has 11 heteroatoms. The highest BCUT2D eigenvalue weighted by molar-refractivity contribution is 7.90. The Kier molecular flexibility index (Phi) is 6.19. The van der Waals surface area contributed by atoms with Crippen molar-refractivity contribution in [3.8, 4) is 11.4 Å². The van der Waals surface area contributed by atoms with Gasteiger partial charge in [0.25, 0.3) is 0 Å². The number of hydrogen-bond acceptors (Lipinski definition) is 4. The van der Waals surface area contributed by atoms with Crippen molar-refractivity contribution in [1.29, 1.82) is 0 Å². The Balaban J connectivity index is 2.57. The van der Waals surface area contributed by atoms with E-state index in [1.807, 2.05) is 0 Å². The summed E-state index contributed by atoms with van der Waals surface area (Å²) in [6.45, 7) is 0. The van der Waals surface area contributed by atoms with E-state index in [0.717, 1.165) is 0 Å². The third-order valence-corrected chi connectivity index (χ3v) is 4.54. The molecule has 0 fully saturated rings. The van der Waals surface area contributed by atoms with Gasteiger partial charge in [0.05, 0.1) is 0 Å². The average molecular weight is 454 g/mol. The Morgan fingerprint density at radius 1 is 0.826 bits per heavy atom. The fourth-order valence-corrected chi connectivity index (χ4v) is 2.58. The van der Waals surface area contributed by atoms with E-state index in [2.05, 4.69) is 15.0 Å². The van der Waals surface area contributed by atoms with Gasteiger partial charge >= 0.3 is 0 Å². The van der Waals surface area contributed by atoms with Crippen LogP contribution >= 0.6 is 69.6 Å². The van der Waals surface area contributed by atoms with Crippen LogP contribution in [0.15, 0.2) is 29.2 Å². The summed E-state index contributed by atoms with van der Waals surface area (Å²) in [5, 5.41) is 0. The summed E-state index contributed by atoms with van der Waals surface area (Å²) in [6, 6.07) is 6.66. The van der Waals surface area contributed by atoms with Crippen LogP contribution in [0.4, 0.5) is 0 Å². The van der Waals surface area contributed by atoms with Gasteiger partial charge in [0, 0.05) is 5.56 Å². The Labute approximate surface area is 165 Å². The smallest absolute Gasteiger partial charge is 0.250 e. The molecule has 1 unspecified atom stereocenters. The van der Waals surface area contributed by atoms with Crippen molar-refractivity contribution in [2.45, 2.75) is 12.5 Å². The lowest BCUT2D eigenvalue weighted by Crippen LogP contribution is -2.16. The number of nitrogens with zero attached hydrogens (tertiary/aromatic N) is 3. The van der Waals surface area contributed by atoms with Gasteiger partial charge in [-0.1, -0.05) is 69.6 Å². The number of benzene rings is 1. The maximum atomic E-state index is 11.4. The lowest BCUT2D eigenvalue weighted by atomic mass is 10.2. The van der Waals surface area contributed by atoms with Gasteiger partial charge in [0.1, 0.15) is 6.26 Å². The molecule has 0 aliphatic rings. The first-order valence-electron chi connectivity index (χ1n) is 5.83. The van der Waals surface area contributed by atoms with E-state index in [1.54, 1.807) is 30.5 Å². The van der Waals surface area contributed by atoms with Crippen molar-refractivity contribution in [2.24, 2.45) is 0 Å². The number of alkyl halides is 6. The quantitative estimate of drug-likeness (QED) is 0.477. The summed E-state index contributed by atoms with van der Waals surface area (Å²) in [6.07, 6.45) is 1.57. The van der Waals surface area contributed by atoms with Crippen molar-refractivity contribution in [3.05, 3.63) is 35.9 Å². The molecule has 1 aromatic heterocycles. The molecule has 1 atom stereocenters. The van der Waals surface area contributed by atoms with Crippen LogP contribution in [0, 0.1) is 0 Å². The highest BCUT2D eigenvalue weighted by Crippen LogP contribution is 2.40. The minimum atomic E-state index is -1.91. The minimum absolute atomic E-state index is 0.163. The van der Waals surface area contributed by atoms with Gasteiger partial charge in [-0.25, -0.2) is 15.0 Å². The van der Waals surface area contributed by atoms with Gasteiger partial charge in [0.15, 0.2) is 22.4 Å². The number of rotatable bonds is 2. The van der Waals surface area contributed by atoms with E-state index in [1.165, 1.54) is 0 Å². The van der Waals surface area contributed by atoms with Gasteiger partial charge in [-0.05, 0) is 35.4 Å². The Bertz CT molecular complexity index is 667. The minimum Gasteiger partial charge on any atom is -0.612 e. The molecule has 0 saturated heterocycles. The molecule has 23 heavy (non-hydrogen) atoms. The molecule has 1 heterocycles. The first-order valence-corrected chi connectivity index (χ1v) is 9.65. The first-order chi connectivity index (χ1) is 10.5. The third-order valence-electron chi connectivity index (χ3n) is 2.59. The molecule has 0 aliphatic heterocycles. The fourth-order valence-electron chi connectivity index (χ4n) is 1.55. The van der Waals surface area contributed by atoms with Gasteiger partial charge in [-0.3, -0.25) is 0 Å². The number of halogens is 6. The van der Waals surface area contributed by atoms with Gasteiger partial charge in [-0.2, -0.15) is 0 Å². The second-order valence-corrected chi connectivity index (χ2v) is 10.2. The van der Waals surface area contributed by atoms with Gasteiger partial charge in [0.2, 0.25) is 7.59 Å². The van der Waals surface area contributed by atoms with E-state index < -0.39 is 18.8 Å². The average Bonchev–Trinajstić information content (AvgIpc) is 2.45. The molecule has 2 rings (SSSR count). The largest absolute Gasteiger partial charge is 0.612 e. The summed E-state index contributed by atoms with van der Waals surface area (Å²) in [7, 11) is 0. The summed E-state index contributed by atoms with van der Waals surface area (Å²) < 4.78 is 7.61. The molecule has 124 valence electrons. The second-order valence-electron chi connectivity index (χ2n) is 4.28. The predicted molar refractivity (Wildman–Crippen MR) is 96.1 cm³/mol. The van der Waals surface area contributed by atoms with Crippen LogP contribution in [0.1, 0.15) is 11.6 Å². The van der Waals surface area contributed by atoms with E-state index in [4.69, 9.17) is 69.6 Å². The molecule has 0 radical (unpaired) electrons. The van der Waals surface area contributed by atoms with Gasteiger partial charge in [-0.15, -0.1) is 0 Å². The number of hydrogen-bond donors (Lipinski definition) is 0. The van der Waals surface area contributed by atoms with Crippen molar-refractivity contribution >= 4 is 80.8 Å². The molecule has 4 nitrogen and oxygen atoms in total. The zero-order valence-electron chi connectivity index (χ0n) is 11.2. The van der Waals surface area contributed by atoms with E-state index in [9.17, 15) is 4.55 Å². The Morgan fingerprint density at radius 3 is 1.61 bits per heavy atom. The molecule has 0 spiro atoms. The van der Waals surface area contributed by atoms with Crippen LogP contribution in [-0.4, -0.2) is 25.8 Å². The molecule has 0 amide bonds. The van der Waals surface area contributed by atoms with E-state index in [0.29, 0.717) is 10.5 Å². The van der Waals surface area contributed by atoms with Crippen LogP contribution in [-0.2, 0) is 18.8 Å². The summed E-state index contributed by atoms with van der Waals surface area (Å²) in [5.41, 5.74) is 0.563. The lowest BCUT2D eigenvalue weighted by molar-refractivity contribution is 0.601. The number of aromatic nitrogens is 3. The van der Waals surface area contributed by atoms with Crippen LogP contribution in [0.2, 0.25) is 0 Å². The Hall–Kier alpha value is 0.280. The van der Waals surface area contributed by atoms with Crippen LogP contribution in [0.5, 0.6) is 0 Å². The standard InChI is InChI=1S/C12H7Cl6N3OS/c1-23(22)7-4-2-6(3-5-7)8-19-9(11(13,14)15)21-10(20-8)12(16,17)18/h2-5H,1H3. The zero-order chi connectivity index (χ0) is 17.4. The molecular formula is C12H7Cl6N3OS. The lowest BCUT2D eigenvalue weighted by Gasteiger charge is -2.15. The molecule has 2 aromatic rings. The second kappa shape index (κ2) is 7.26. The highest BCUT2D eigenvalue weighted by atomic mass is 35.6. The normalized spacial score (nSPS) is 13.9. The monoisotopic (exact) mass is 451 g/mol. The Morgan fingerprint density at radius 2 is 1.26 bits per heavy atom. The van der Waals surface area contributed by atoms with Crippen molar-refractivity contribution in [1.82, 2.24) is 15.0 Å². The topological polar surface area (TPSA) is 61.7 Å². The molecule has 1 aromatic carbocycles. The maximum Gasteiger partial charge on any atom is 0.250 e. The van der Waals surface area contributed by atoms with Crippen molar-refractivity contribution < 1.29 is 4.55 Å². The van der Waals surface area contributed by atoms with Gasteiger partial charge < -0.3 is 4.55 Å². The summed E-state index contributed by atoms with van der Waals surface area (Å²) >= 11 is 33.8. The molecule has 0 bridgehead atoms. The van der Waals surface area contributed by atoms with Crippen molar-refractivity contribution in [3.63, 3.8) is 0 Å². The van der Waals surface area contributed by atoms with Crippen LogP contribution in [0.3, 0.4) is 0 Å². The zero-order valence-corrected chi connectivity index (χ0v) is 16.6. The predicted octanol–water partition coefficient (Wildman–Crippen LogP) is 4.93. The summed E-state index contributed by atoms with van der Waals surface area (Å²) in [4.78, 5) is 12.7. The first kappa shape index (κ1) is 19.6. The van der Waals surface area contributed by atoms with E-state index in [-0.39, 0.29) is 17.5 Å². The molecule has 0 aliphatic carbocycles. The van der Waals surface area contributed by atoms with Crippen molar-refractivity contribution in [2.75, 3.05) is 6.26 Å². The van der Waals surface area contributed by atoms with Crippen LogP contribution in [0.25, 0.3) is 11.4 Å². The fraction of sp³-hybridized carbons (Fsp3) is 0.250. The molecule has 0 saturated carbocycles. The van der Waals surface area contributed by atoms with Crippen LogP contribution < -0.4 is 0 Å². The molecular weight excluding hydrogens is 447 g/mol. The van der Waals surface area contributed by atoms with E-state index >= 15 is 0 Å². The highest BCUT2D eigenvalue weighted by Gasteiger charge is 2.34. The summed E-state index contributed by atoms with van der Waals surface area (Å²) in [5.74, 6) is -0.176. The maximum absolute atomic E-state index is 11.4. The SMILES string of the molecule is C[S+]([O-])c1ccc(-c2nc(C(Cl)(Cl)Cl)nc(C(Cl)(Cl)Cl)n2)cc1.